The number of carboxylic acid groups (broad SMARTS) is 2. The van der Waals surface area contributed by atoms with Gasteiger partial charge in [-0.25, -0.2) is 0 Å². The van der Waals surface area contributed by atoms with E-state index in [1.165, 1.54) is 34.9 Å². The van der Waals surface area contributed by atoms with Gasteiger partial charge in [-0.3, -0.25) is 9.59 Å². The normalized spacial score (nSPS) is 18.9. The summed E-state index contributed by atoms with van der Waals surface area (Å²) in [5, 5.41) is 20.9. The van der Waals surface area contributed by atoms with Gasteiger partial charge in [0.05, 0.1) is 0 Å². The Kier molecular flexibility index (Phi) is 7.84. The lowest BCUT2D eigenvalue weighted by Gasteiger charge is -2.21. The standard InChI is InChI=1S/C24H28N2O2.CH2O2/c1-16(21-3-2-4-23-22(21)13-14-25-23)26-20-11-10-19(15-20)18-8-5-17(6-9-18)7-12-24(27)28;2-1-3/h2-6,8-9,13-14,16,19-20,25-26H,7,10-12,15H2,1H3,(H,27,28);1H,(H,2,3)/t16-,19+,20+;/m1./s1. The van der Waals surface area contributed by atoms with E-state index < -0.39 is 5.97 Å². The second-order valence-electron chi connectivity index (χ2n) is 8.12. The van der Waals surface area contributed by atoms with Crippen LogP contribution in [-0.4, -0.2) is 33.7 Å². The summed E-state index contributed by atoms with van der Waals surface area (Å²) < 4.78 is 0. The molecule has 0 unspecified atom stereocenters. The van der Waals surface area contributed by atoms with Gasteiger partial charge in [-0.05, 0) is 67.3 Å². The first-order chi connectivity index (χ1) is 15.0. The molecule has 1 heterocycles. The van der Waals surface area contributed by atoms with Gasteiger partial charge < -0.3 is 20.5 Å². The summed E-state index contributed by atoms with van der Waals surface area (Å²) in [7, 11) is 0. The Bertz CT molecular complexity index is 996. The van der Waals surface area contributed by atoms with Gasteiger partial charge in [0.1, 0.15) is 0 Å². The topological polar surface area (TPSA) is 102 Å². The van der Waals surface area contributed by atoms with Crippen molar-refractivity contribution in [3.05, 3.63) is 71.4 Å². The highest BCUT2D eigenvalue weighted by atomic mass is 16.4. The van der Waals surface area contributed by atoms with Crippen molar-refractivity contribution in [2.24, 2.45) is 0 Å². The Morgan fingerprint density at radius 1 is 1.19 bits per heavy atom. The minimum atomic E-state index is -0.738. The van der Waals surface area contributed by atoms with Gasteiger partial charge >= 0.3 is 5.97 Å². The SMILES string of the molecule is C[C@@H](N[C@H]1CC[C@H](c2ccc(CCC(=O)O)cc2)C1)c1cccc2[nH]ccc12.O=CO. The van der Waals surface area contributed by atoms with Crippen LogP contribution in [0.25, 0.3) is 10.9 Å². The number of hydrogen-bond donors (Lipinski definition) is 4. The third-order valence-electron chi connectivity index (χ3n) is 6.09. The van der Waals surface area contributed by atoms with Gasteiger partial charge in [0.15, 0.2) is 0 Å². The number of aryl methyl sites for hydroxylation is 1. The Morgan fingerprint density at radius 3 is 2.65 bits per heavy atom. The summed E-state index contributed by atoms with van der Waals surface area (Å²) in [5.74, 6) is -0.153. The van der Waals surface area contributed by atoms with Crippen LogP contribution in [0.15, 0.2) is 54.7 Å². The van der Waals surface area contributed by atoms with Crippen molar-refractivity contribution in [1.29, 1.82) is 0 Å². The highest BCUT2D eigenvalue weighted by Crippen LogP contribution is 2.36. The number of benzene rings is 2. The second-order valence-corrected chi connectivity index (χ2v) is 8.12. The summed E-state index contributed by atoms with van der Waals surface area (Å²) in [6, 6.07) is 18.0. The molecule has 1 aromatic heterocycles. The Hall–Kier alpha value is -3.12. The average molecular weight is 423 g/mol. The summed E-state index contributed by atoms with van der Waals surface area (Å²) in [5.41, 5.74) is 5.03. The summed E-state index contributed by atoms with van der Waals surface area (Å²) in [6.07, 6.45) is 6.36. The van der Waals surface area contributed by atoms with Crippen LogP contribution in [0.1, 0.15) is 61.3 Å². The highest BCUT2D eigenvalue weighted by molar-refractivity contribution is 5.83. The van der Waals surface area contributed by atoms with Gasteiger partial charge in [-0.15, -0.1) is 0 Å². The van der Waals surface area contributed by atoms with Crippen LogP contribution in [0.5, 0.6) is 0 Å². The zero-order valence-corrected chi connectivity index (χ0v) is 17.8. The largest absolute Gasteiger partial charge is 0.483 e. The molecule has 0 amide bonds. The number of nitrogens with one attached hydrogen (secondary N) is 2. The first-order valence-corrected chi connectivity index (χ1v) is 10.7. The van der Waals surface area contributed by atoms with E-state index in [9.17, 15) is 4.79 Å². The monoisotopic (exact) mass is 422 g/mol. The van der Waals surface area contributed by atoms with Crippen molar-refractivity contribution >= 4 is 23.3 Å². The molecule has 6 heteroatoms. The van der Waals surface area contributed by atoms with E-state index in [4.69, 9.17) is 15.0 Å². The van der Waals surface area contributed by atoms with E-state index in [1.807, 2.05) is 6.20 Å². The van der Waals surface area contributed by atoms with Crippen molar-refractivity contribution in [2.45, 2.75) is 57.0 Å². The molecule has 4 N–H and O–H groups in total. The zero-order chi connectivity index (χ0) is 22.2. The number of aromatic nitrogens is 1. The zero-order valence-electron chi connectivity index (χ0n) is 17.8. The van der Waals surface area contributed by atoms with E-state index in [-0.39, 0.29) is 12.9 Å². The third kappa shape index (κ3) is 5.95. The quantitative estimate of drug-likeness (QED) is 0.407. The fraction of sp³-hybridized carbons (Fsp3) is 0.360. The fourth-order valence-corrected chi connectivity index (χ4v) is 4.57. The molecule has 1 saturated carbocycles. The van der Waals surface area contributed by atoms with Crippen molar-refractivity contribution in [3.63, 3.8) is 0 Å². The molecule has 2 aromatic carbocycles. The molecule has 3 atom stereocenters. The van der Waals surface area contributed by atoms with Crippen molar-refractivity contribution in [3.8, 4) is 0 Å². The lowest BCUT2D eigenvalue weighted by molar-refractivity contribution is -0.137. The molecule has 0 aliphatic heterocycles. The van der Waals surface area contributed by atoms with Crippen LogP contribution >= 0.6 is 0 Å². The predicted octanol–water partition coefficient (Wildman–Crippen LogP) is 4.87. The summed E-state index contributed by atoms with van der Waals surface area (Å²) >= 11 is 0. The molecule has 31 heavy (non-hydrogen) atoms. The molecule has 6 nitrogen and oxygen atoms in total. The van der Waals surface area contributed by atoms with E-state index in [1.54, 1.807) is 0 Å². The molecule has 0 radical (unpaired) electrons. The summed E-state index contributed by atoms with van der Waals surface area (Å²) in [6.45, 7) is 2.01. The lowest BCUT2D eigenvalue weighted by Crippen LogP contribution is -2.29. The Balaban J connectivity index is 0.000000858. The smallest absolute Gasteiger partial charge is 0.303 e. The lowest BCUT2D eigenvalue weighted by atomic mass is 9.95. The number of rotatable bonds is 7. The van der Waals surface area contributed by atoms with E-state index >= 15 is 0 Å². The predicted molar refractivity (Wildman–Crippen MR) is 121 cm³/mol. The fourth-order valence-electron chi connectivity index (χ4n) is 4.57. The molecule has 1 aliphatic carbocycles. The first kappa shape index (κ1) is 22.6. The maximum atomic E-state index is 10.7. The minimum Gasteiger partial charge on any atom is -0.483 e. The van der Waals surface area contributed by atoms with Crippen molar-refractivity contribution < 1.29 is 19.8 Å². The van der Waals surface area contributed by atoms with Crippen LogP contribution in [-0.2, 0) is 16.0 Å². The number of aromatic amines is 1. The minimum absolute atomic E-state index is 0.195. The van der Waals surface area contributed by atoms with Crippen LogP contribution in [0.4, 0.5) is 0 Å². The third-order valence-corrected chi connectivity index (χ3v) is 6.09. The van der Waals surface area contributed by atoms with Crippen LogP contribution in [0.2, 0.25) is 0 Å². The van der Waals surface area contributed by atoms with Crippen LogP contribution < -0.4 is 5.32 Å². The van der Waals surface area contributed by atoms with Gasteiger partial charge in [-0.2, -0.15) is 0 Å². The molecule has 1 fully saturated rings. The second kappa shape index (κ2) is 10.8. The number of carboxylic acids is 1. The Morgan fingerprint density at radius 2 is 1.94 bits per heavy atom. The number of fused-ring (bicyclic) bond motifs is 1. The van der Waals surface area contributed by atoms with Gasteiger partial charge in [0, 0.05) is 35.6 Å². The maximum absolute atomic E-state index is 10.7. The first-order valence-electron chi connectivity index (χ1n) is 10.7. The van der Waals surface area contributed by atoms with Gasteiger partial charge in [-0.1, -0.05) is 36.4 Å². The molecule has 3 aromatic rings. The van der Waals surface area contributed by atoms with Crippen LogP contribution in [0.3, 0.4) is 0 Å². The van der Waals surface area contributed by atoms with Crippen molar-refractivity contribution in [2.75, 3.05) is 0 Å². The number of carbonyl (C=O) groups is 2. The average Bonchev–Trinajstić information content (AvgIpc) is 3.42. The molecule has 164 valence electrons. The molecule has 1 aliphatic rings. The van der Waals surface area contributed by atoms with Gasteiger partial charge in [0.25, 0.3) is 6.47 Å². The van der Waals surface area contributed by atoms with Crippen molar-refractivity contribution in [1.82, 2.24) is 10.3 Å². The summed E-state index contributed by atoms with van der Waals surface area (Å²) in [4.78, 5) is 22.4. The maximum Gasteiger partial charge on any atom is 0.303 e. The van der Waals surface area contributed by atoms with E-state index in [0.717, 1.165) is 12.0 Å². The highest BCUT2D eigenvalue weighted by Gasteiger charge is 2.27. The Labute approximate surface area is 182 Å². The van der Waals surface area contributed by atoms with Gasteiger partial charge in [0.2, 0.25) is 0 Å². The molecular formula is C25H30N2O4. The van der Waals surface area contributed by atoms with E-state index in [2.05, 4.69) is 65.8 Å². The molecule has 0 spiro atoms. The molecule has 0 bridgehead atoms. The molecular weight excluding hydrogens is 392 g/mol. The van der Waals surface area contributed by atoms with Crippen LogP contribution in [0, 0.1) is 0 Å². The van der Waals surface area contributed by atoms with E-state index in [0.29, 0.717) is 24.4 Å². The number of aliphatic carboxylic acids is 1. The molecule has 4 rings (SSSR count). The number of H-pyrrole nitrogens is 1. The molecule has 0 saturated heterocycles. The number of hydrogen-bond acceptors (Lipinski definition) is 3.